The standard InChI is InChI=1S/C35H47N3O3S/c1-4-5-6-7-18-35(2,3)34(40)38-31-26-28(15-13-27(31)14-16-33(38)39)41-24-9-8-19-36-20-22-37(23-21-36)30-11-10-12-32-29(30)17-25-42-32/h10-13,15,17,25-26H,4-9,14,16,18-24H2,1-3H3. The summed E-state index contributed by atoms with van der Waals surface area (Å²) < 4.78 is 7.50. The van der Waals surface area contributed by atoms with Crippen LogP contribution in [0.2, 0.25) is 0 Å². The summed E-state index contributed by atoms with van der Waals surface area (Å²) in [5.74, 6) is 0.547. The van der Waals surface area contributed by atoms with Crippen LogP contribution in [0.5, 0.6) is 5.75 Å². The molecule has 42 heavy (non-hydrogen) atoms. The number of fused-ring (bicyclic) bond motifs is 2. The van der Waals surface area contributed by atoms with Crippen molar-refractivity contribution in [3.63, 3.8) is 0 Å². The van der Waals surface area contributed by atoms with Crippen molar-refractivity contribution in [2.45, 2.75) is 78.6 Å². The first-order valence-electron chi connectivity index (χ1n) is 15.9. The molecule has 3 aromatic rings. The van der Waals surface area contributed by atoms with Gasteiger partial charge in [-0.3, -0.25) is 14.5 Å². The largest absolute Gasteiger partial charge is 0.494 e. The molecule has 0 unspecified atom stereocenters. The summed E-state index contributed by atoms with van der Waals surface area (Å²) in [6.07, 6.45) is 8.37. The first kappa shape index (κ1) is 30.6. The summed E-state index contributed by atoms with van der Waals surface area (Å²) in [5.41, 5.74) is 2.56. The van der Waals surface area contributed by atoms with Crippen LogP contribution in [0.4, 0.5) is 11.4 Å². The predicted octanol–water partition coefficient (Wildman–Crippen LogP) is 7.68. The highest BCUT2D eigenvalue weighted by molar-refractivity contribution is 7.17. The Morgan fingerprint density at radius 3 is 2.57 bits per heavy atom. The molecular weight excluding hydrogens is 542 g/mol. The second-order valence-corrected chi connectivity index (χ2v) is 13.5. The van der Waals surface area contributed by atoms with Gasteiger partial charge in [-0.25, -0.2) is 4.90 Å². The molecule has 226 valence electrons. The Morgan fingerprint density at radius 2 is 1.76 bits per heavy atom. The molecule has 1 saturated heterocycles. The molecule has 3 heterocycles. The number of piperazine rings is 1. The first-order chi connectivity index (χ1) is 20.4. The maximum atomic E-state index is 13.6. The fraction of sp³-hybridized carbons (Fsp3) is 0.543. The lowest BCUT2D eigenvalue weighted by Gasteiger charge is -2.36. The number of benzene rings is 2. The minimum absolute atomic E-state index is 0.0887. The van der Waals surface area contributed by atoms with Gasteiger partial charge in [-0.05, 0) is 67.4 Å². The number of nitrogens with zero attached hydrogens (tertiary/aromatic N) is 3. The molecular formula is C35H47N3O3S. The minimum Gasteiger partial charge on any atom is -0.494 e. The molecule has 2 aliphatic rings. The molecule has 2 amide bonds. The third-order valence-corrected chi connectivity index (χ3v) is 9.80. The Kier molecular flexibility index (Phi) is 10.2. The lowest BCUT2D eigenvalue weighted by atomic mass is 9.84. The number of hydrogen-bond acceptors (Lipinski definition) is 6. The Bertz CT molecular complexity index is 1360. The van der Waals surface area contributed by atoms with Gasteiger partial charge in [0.1, 0.15) is 5.75 Å². The number of aryl methyl sites for hydroxylation is 1. The Morgan fingerprint density at radius 1 is 0.929 bits per heavy atom. The molecule has 0 bridgehead atoms. The van der Waals surface area contributed by atoms with Crippen LogP contribution in [0.15, 0.2) is 47.8 Å². The maximum absolute atomic E-state index is 13.6. The highest BCUT2D eigenvalue weighted by Gasteiger charge is 2.38. The van der Waals surface area contributed by atoms with E-state index in [1.165, 1.54) is 33.5 Å². The van der Waals surface area contributed by atoms with Crippen molar-refractivity contribution in [3.05, 3.63) is 53.4 Å². The zero-order valence-corrected chi connectivity index (χ0v) is 26.5. The van der Waals surface area contributed by atoms with Crippen LogP contribution in [0.1, 0.15) is 77.7 Å². The number of anilines is 2. The third kappa shape index (κ3) is 7.17. The number of ether oxygens (including phenoxy) is 1. The van der Waals surface area contributed by atoms with Gasteiger partial charge in [0, 0.05) is 59.9 Å². The van der Waals surface area contributed by atoms with Gasteiger partial charge in [0.2, 0.25) is 11.8 Å². The van der Waals surface area contributed by atoms with E-state index in [2.05, 4.69) is 46.4 Å². The summed E-state index contributed by atoms with van der Waals surface area (Å²) in [7, 11) is 0. The highest BCUT2D eigenvalue weighted by atomic mass is 32.1. The van der Waals surface area contributed by atoms with E-state index in [9.17, 15) is 9.59 Å². The van der Waals surface area contributed by atoms with Crippen molar-refractivity contribution < 1.29 is 14.3 Å². The van der Waals surface area contributed by atoms with E-state index in [0.717, 1.165) is 76.1 Å². The Hall–Kier alpha value is -2.90. The van der Waals surface area contributed by atoms with E-state index < -0.39 is 5.41 Å². The number of unbranched alkanes of at least 4 members (excludes halogenated alkanes) is 4. The SMILES string of the molecule is CCCCCCC(C)(C)C(=O)N1C(=O)CCc2ccc(OCCCCN3CCN(c4cccc5sccc45)CC3)cc21. The molecule has 1 aromatic heterocycles. The van der Waals surface area contributed by atoms with Crippen LogP contribution in [0.3, 0.4) is 0 Å². The Balaban J connectivity index is 1.09. The molecule has 0 N–H and O–H groups in total. The van der Waals surface area contributed by atoms with Gasteiger partial charge in [0.05, 0.1) is 12.3 Å². The van der Waals surface area contributed by atoms with Crippen LogP contribution < -0.4 is 14.5 Å². The summed E-state index contributed by atoms with van der Waals surface area (Å²) >= 11 is 1.81. The molecule has 6 nitrogen and oxygen atoms in total. The van der Waals surface area contributed by atoms with E-state index in [-0.39, 0.29) is 11.8 Å². The molecule has 2 aromatic carbocycles. The van der Waals surface area contributed by atoms with Crippen molar-refractivity contribution in [3.8, 4) is 5.75 Å². The van der Waals surface area contributed by atoms with E-state index in [0.29, 0.717) is 25.1 Å². The van der Waals surface area contributed by atoms with Gasteiger partial charge in [0.25, 0.3) is 0 Å². The molecule has 7 heteroatoms. The first-order valence-corrected chi connectivity index (χ1v) is 16.8. The van der Waals surface area contributed by atoms with Crippen molar-refractivity contribution in [1.29, 1.82) is 0 Å². The normalized spacial score (nSPS) is 16.2. The van der Waals surface area contributed by atoms with Gasteiger partial charge < -0.3 is 9.64 Å². The van der Waals surface area contributed by atoms with Crippen LogP contribution >= 0.6 is 11.3 Å². The molecule has 1 fully saturated rings. The topological polar surface area (TPSA) is 53.1 Å². The van der Waals surface area contributed by atoms with Gasteiger partial charge >= 0.3 is 0 Å². The maximum Gasteiger partial charge on any atom is 0.239 e. The van der Waals surface area contributed by atoms with Crippen LogP contribution in [-0.4, -0.2) is 56.0 Å². The summed E-state index contributed by atoms with van der Waals surface area (Å²) in [4.78, 5) is 33.1. The average molecular weight is 590 g/mol. The highest BCUT2D eigenvalue weighted by Crippen LogP contribution is 2.36. The minimum atomic E-state index is -0.572. The zero-order chi connectivity index (χ0) is 29.5. The zero-order valence-electron chi connectivity index (χ0n) is 25.7. The summed E-state index contributed by atoms with van der Waals surface area (Å²) in [6.45, 7) is 12.1. The van der Waals surface area contributed by atoms with Gasteiger partial charge in [-0.1, -0.05) is 58.6 Å². The molecule has 0 saturated carbocycles. The van der Waals surface area contributed by atoms with Gasteiger partial charge in [0.15, 0.2) is 0 Å². The van der Waals surface area contributed by atoms with Crippen LogP contribution in [0.25, 0.3) is 10.1 Å². The van der Waals surface area contributed by atoms with Crippen molar-refractivity contribution >= 4 is 44.6 Å². The molecule has 2 aliphatic heterocycles. The fourth-order valence-electron chi connectivity index (χ4n) is 6.26. The van der Waals surface area contributed by atoms with E-state index in [1.807, 2.05) is 43.4 Å². The fourth-order valence-corrected chi connectivity index (χ4v) is 7.07. The van der Waals surface area contributed by atoms with Crippen molar-refractivity contribution in [2.75, 3.05) is 49.1 Å². The summed E-state index contributed by atoms with van der Waals surface area (Å²) in [5, 5.41) is 3.56. The van der Waals surface area contributed by atoms with Crippen molar-refractivity contribution in [2.24, 2.45) is 5.41 Å². The Labute approximate surface area is 255 Å². The lowest BCUT2D eigenvalue weighted by Crippen LogP contribution is -2.47. The number of carbonyl (C=O) groups is 2. The predicted molar refractivity (Wildman–Crippen MR) is 175 cm³/mol. The van der Waals surface area contributed by atoms with Crippen LogP contribution in [-0.2, 0) is 16.0 Å². The quantitative estimate of drug-likeness (QED) is 0.191. The van der Waals surface area contributed by atoms with Crippen LogP contribution in [0, 0.1) is 5.41 Å². The molecule has 0 aliphatic carbocycles. The lowest BCUT2D eigenvalue weighted by molar-refractivity contribution is -0.132. The van der Waals surface area contributed by atoms with E-state index in [1.54, 1.807) is 0 Å². The van der Waals surface area contributed by atoms with E-state index >= 15 is 0 Å². The number of imide groups is 1. The number of hydrogen-bond donors (Lipinski definition) is 0. The van der Waals surface area contributed by atoms with Crippen molar-refractivity contribution in [1.82, 2.24) is 4.90 Å². The number of amides is 2. The molecule has 0 spiro atoms. The number of thiophene rings is 1. The second kappa shape index (κ2) is 14.0. The summed E-state index contributed by atoms with van der Waals surface area (Å²) in [6, 6.07) is 14.8. The van der Waals surface area contributed by atoms with Gasteiger partial charge in [-0.2, -0.15) is 0 Å². The van der Waals surface area contributed by atoms with E-state index in [4.69, 9.17) is 4.74 Å². The smallest absolute Gasteiger partial charge is 0.239 e. The number of rotatable bonds is 13. The van der Waals surface area contributed by atoms with Gasteiger partial charge in [-0.15, -0.1) is 11.3 Å². The number of carbonyl (C=O) groups excluding carboxylic acids is 2. The molecule has 5 rings (SSSR count). The third-order valence-electron chi connectivity index (χ3n) is 8.92. The monoisotopic (exact) mass is 589 g/mol. The molecule has 0 radical (unpaired) electrons. The molecule has 0 atom stereocenters. The average Bonchev–Trinajstić information content (AvgIpc) is 3.48. The second-order valence-electron chi connectivity index (χ2n) is 12.5.